The summed E-state index contributed by atoms with van der Waals surface area (Å²) in [6, 6.07) is 3.43. The average molecular weight is 272 g/mol. The first-order valence-corrected chi connectivity index (χ1v) is 6.08. The lowest BCUT2D eigenvalue weighted by atomic mass is 10.3. The molecule has 0 spiro atoms. The molecule has 19 heavy (non-hydrogen) atoms. The molecule has 1 amide bonds. The Morgan fingerprint density at radius 3 is 2.58 bits per heavy atom. The third-order valence-electron chi connectivity index (χ3n) is 2.46. The molecule has 4 nitrogen and oxygen atoms in total. The quantitative estimate of drug-likeness (QED) is 0.711. The molecule has 0 aliphatic heterocycles. The van der Waals surface area contributed by atoms with Crippen molar-refractivity contribution in [2.45, 2.75) is 12.8 Å². The number of halogens is 2. The van der Waals surface area contributed by atoms with Crippen LogP contribution < -0.4 is 10.6 Å². The van der Waals surface area contributed by atoms with Gasteiger partial charge in [0.25, 0.3) is 0 Å². The van der Waals surface area contributed by atoms with Crippen molar-refractivity contribution >= 4 is 11.6 Å². The smallest absolute Gasteiger partial charge is 0.238 e. The largest absolute Gasteiger partial charge is 0.385 e. The first-order chi connectivity index (χ1) is 9.15. The standard InChI is InChI=1S/C13H18F2N2O2/c1-19-8-3-2-7-16-9-12(18)17-13-10(14)5-4-6-11(13)15/h4-6,16H,2-3,7-9H2,1H3,(H,17,18). The molecule has 0 atom stereocenters. The van der Waals surface area contributed by atoms with E-state index in [9.17, 15) is 13.6 Å². The van der Waals surface area contributed by atoms with Crippen molar-refractivity contribution in [3.63, 3.8) is 0 Å². The molecule has 106 valence electrons. The number of methoxy groups -OCH3 is 1. The molecule has 6 heteroatoms. The van der Waals surface area contributed by atoms with Crippen molar-refractivity contribution in [1.82, 2.24) is 5.32 Å². The second-order valence-corrected chi connectivity index (χ2v) is 4.02. The molecule has 0 bridgehead atoms. The topological polar surface area (TPSA) is 50.4 Å². The lowest BCUT2D eigenvalue weighted by Crippen LogP contribution is -2.29. The fourth-order valence-corrected chi connectivity index (χ4v) is 1.50. The van der Waals surface area contributed by atoms with Crippen molar-refractivity contribution in [2.75, 3.05) is 32.1 Å². The zero-order valence-electron chi connectivity index (χ0n) is 10.8. The second kappa shape index (κ2) is 8.55. The Balaban J connectivity index is 2.28. The maximum atomic E-state index is 13.2. The van der Waals surface area contributed by atoms with Crippen molar-refractivity contribution < 1.29 is 18.3 Å². The number of nitrogens with one attached hydrogen (secondary N) is 2. The highest BCUT2D eigenvalue weighted by Gasteiger charge is 2.11. The van der Waals surface area contributed by atoms with E-state index in [1.807, 2.05) is 0 Å². The van der Waals surface area contributed by atoms with Gasteiger partial charge in [-0.05, 0) is 31.5 Å². The van der Waals surface area contributed by atoms with Crippen LogP contribution in [0.1, 0.15) is 12.8 Å². The Labute approximate surface area is 111 Å². The third-order valence-corrected chi connectivity index (χ3v) is 2.46. The summed E-state index contributed by atoms with van der Waals surface area (Å²) < 4.78 is 31.4. The van der Waals surface area contributed by atoms with Gasteiger partial charge in [-0.2, -0.15) is 0 Å². The van der Waals surface area contributed by atoms with Gasteiger partial charge in [0.05, 0.1) is 6.54 Å². The lowest BCUT2D eigenvalue weighted by Gasteiger charge is -2.08. The van der Waals surface area contributed by atoms with E-state index in [-0.39, 0.29) is 6.54 Å². The number of hydrogen-bond donors (Lipinski definition) is 2. The molecule has 1 aromatic carbocycles. The van der Waals surface area contributed by atoms with E-state index < -0.39 is 23.2 Å². The number of anilines is 1. The number of para-hydroxylation sites is 1. The normalized spacial score (nSPS) is 10.5. The second-order valence-electron chi connectivity index (χ2n) is 4.02. The molecule has 0 saturated heterocycles. The highest BCUT2D eigenvalue weighted by Crippen LogP contribution is 2.17. The molecule has 0 unspecified atom stereocenters. The van der Waals surface area contributed by atoms with Crippen LogP contribution in [0.2, 0.25) is 0 Å². The van der Waals surface area contributed by atoms with Crippen LogP contribution in [0.15, 0.2) is 18.2 Å². The predicted octanol–water partition coefficient (Wildman–Crippen LogP) is 1.92. The van der Waals surface area contributed by atoms with Crippen LogP contribution in [0.25, 0.3) is 0 Å². The summed E-state index contributed by atoms with van der Waals surface area (Å²) >= 11 is 0. The van der Waals surface area contributed by atoms with E-state index in [0.29, 0.717) is 13.2 Å². The molecular weight excluding hydrogens is 254 g/mol. The van der Waals surface area contributed by atoms with Crippen molar-refractivity contribution in [3.8, 4) is 0 Å². The fourth-order valence-electron chi connectivity index (χ4n) is 1.50. The minimum atomic E-state index is -0.784. The monoisotopic (exact) mass is 272 g/mol. The Morgan fingerprint density at radius 1 is 1.26 bits per heavy atom. The first kappa shape index (κ1) is 15.5. The fraction of sp³-hybridized carbons (Fsp3) is 0.462. The van der Waals surface area contributed by atoms with E-state index in [2.05, 4.69) is 10.6 Å². The molecule has 0 aromatic heterocycles. The summed E-state index contributed by atoms with van der Waals surface area (Å²) in [4.78, 5) is 11.5. The molecule has 0 aliphatic carbocycles. The number of carbonyl (C=O) groups excluding carboxylic acids is 1. The molecule has 1 rings (SSSR count). The molecule has 0 fully saturated rings. The zero-order chi connectivity index (χ0) is 14.1. The Kier molecular flexibility index (Phi) is 6.99. The maximum absolute atomic E-state index is 13.2. The number of unbranched alkanes of at least 4 members (excludes halogenated alkanes) is 1. The number of amides is 1. The molecule has 1 aromatic rings. The van der Waals surface area contributed by atoms with Gasteiger partial charge in [0.1, 0.15) is 17.3 Å². The van der Waals surface area contributed by atoms with Crippen LogP contribution in [0.3, 0.4) is 0 Å². The summed E-state index contributed by atoms with van der Waals surface area (Å²) in [7, 11) is 1.63. The average Bonchev–Trinajstić information content (AvgIpc) is 2.38. The van der Waals surface area contributed by atoms with Crippen LogP contribution in [0.5, 0.6) is 0 Å². The van der Waals surface area contributed by atoms with Gasteiger partial charge in [0.15, 0.2) is 0 Å². The summed E-state index contributed by atoms with van der Waals surface area (Å²) in [5, 5.41) is 5.10. The Bertz CT molecular complexity index is 393. The number of hydrogen-bond acceptors (Lipinski definition) is 3. The van der Waals surface area contributed by atoms with E-state index >= 15 is 0 Å². The number of carbonyl (C=O) groups is 1. The molecular formula is C13H18F2N2O2. The number of ether oxygens (including phenoxy) is 1. The van der Waals surface area contributed by atoms with Crippen LogP contribution >= 0.6 is 0 Å². The molecule has 2 N–H and O–H groups in total. The van der Waals surface area contributed by atoms with Crippen LogP contribution in [0, 0.1) is 11.6 Å². The van der Waals surface area contributed by atoms with Gasteiger partial charge in [0.2, 0.25) is 5.91 Å². The molecule has 0 aliphatic rings. The maximum Gasteiger partial charge on any atom is 0.238 e. The SMILES string of the molecule is COCCCCNCC(=O)Nc1c(F)cccc1F. The van der Waals surface area contributed by atoms with Gasteiger partial charge in [0, 0.05) is 13.7 Å². The summed E-state index contributed by atoms with van der Waals surface area (Å²) in [5.41, 5.74) is -0.409. The van der Waals surface area contributed by atoms with Gasteiger partial charge in [-0.3, -0.25) is 4.79 Å². The van der Waals surface area contributed by atoms with Gasteiger partial charge < -0.3 is 15.4 Å². The first-order valence-electron chi connectivity index (χ1n) is 6.08. The minimum absolute atomic E-state index is 0.0146. The summed E-state index contributed by atoms with van der Waals surface area (Å²) in [5.74, 6) is -2.04. The molecule has 0 radical (unpaired) electrons. The van der Waals surface area contributed by atoms with Crippen LogP contribution in [-0.2, 0) is 9.53 Å². The van der Waals surface area contributed by atoms with Gasteiger partial charge in [-0.25, -0.2) is 8.78 Å². The van der Waals surface area contributed by atoms with Crippen molar-refractivity contribution in [1.29, 1.82) is 0 Å². The van der Waals surface area contributed by atoms with E-state index in [1.54, 1.807) is 7.11 Å². The Hall–Kier alpha value is -1.53. The third kappa shape index (κ3) is 5.76. The minimum Gasteiger partial charge on any atom is -0.385 e. The highest BCUT2D eigenvalue weighted by molar-refractivity contribution is 5.92. The highest BCUT2D eigenvalue weighted by atomic mass is 19.1. The van der Waals surface area contributed by atoms with E-state index in [0.717, 1.165) is 25.0 Å². The Morgan fingerprint density at radius 2 is 1.95 bits per heavy atom. The summed E-state index contributed by atoms with van der Waals surface area (Å²) in [6.07, 6.45) is 1.77. The van der Waals surface area contributed by atoms with E-state index in [1.165, 1.54) is 6.07 Å². The molecule has 0 saturated carbocycles. The van der Waals surface area contributed by atoms with Gasteiger partial charge >= 0.3 is 0 Å². The van der Waals surface area contributed by atoms with Crippen LogP contribution in [0.4, 0.5) is 14.5 Å². The number of benzene rings is 1. The van der Waals surface area contributed by atoms with Crippen molar-refractivity contribution in [2.24, 2.45) is 0 Å². The van der Waals surface area contributed by atoms with E-state index in [4.69, 9.17) is 4.74 Å². The van der Waals surface area contributed by atoms with Gasteiger partial charge in [-0.1, -0.05) is 6.07 Å². The zero-order valence-corrected chi connectivity index (χ0v) is 10.8. The molecule has 0 heterocycles. The van der Waals surface area contributed by atoms with Crippen molar-refractivity contribution in [3.05, 3.63) is 29.8 Å². The lowest BCUT2D eigenvalue weighted by molar-refractivity contribution is -0.115. The number of rotatable bonds is 8. The predicted molar refractivity (Wildman–Crippen MR) is 69.0 cm³/mol. The summed E-state index contributed by atoms with van der Waals surface area (Å²) in [6.45, 7) is 1.34. The van der Waals surface area contributed by atoms with Crippen LogP contribution in [-0.4, -0.2) is 32.7 Å². The van der Waals surface area contributed by atoms with Gasteiger partial charge in [-0.15, -0.1) is 0 Å².